The maximum Gasteiger partial charge on any atom is 0.137 e. The van der Waals surface area contributed by atoms with Crippen LogP contribution in [0.15, 0.2) is 174 Å². The summed E-state index contributed by atoms with van der Waals surface area (Å²) in [5.74, 6) is 0. The van der Waals surface area contributed by atoms with E-state index in [4.69, 9.17) is 4.42 Å². The van der Waals surface area contributed by atoms with Gasteiger partial charge in [0.1, 0.15) is 11.2 Å². The van der Waals surface area contributed by atoms with Gasteiger partial charge in [-0.1, -0.05) is 97.1 Å². The van der Waals surface area contributed by atoms with Crippen molar-refractivity contribution in [2.45, 2.75) is 0 Å². The molecule has 234 valence electrons. The highest BCUT2D eigenvalue weighted by Crippen LogP contribution is 2.47. The summed E-state index contributed by atoms with van der Waals surface area (Å²) in [7, 11) is 0. The third-order valence-corrected chi connectivity index (χ3v) is 11.3. The molecule has 0 unspecified atom stereocenters. The number of benzene rings is 8. The number of hydrogen-bond acceptors (Lipinski definition) is 3. The molecule has 0 radical (unpaired) electrons. The van der Waals surface area contributed by atoms with Crippen LogP contribution < -0.4 is 4.90 Å². The molecule has 3 nitrogen and oxygen atoms in total. The zero-order chi connectivity index (χ0) is 32.8. The van der Waals surface area contributed by atoms with Crippen molar-refractivity contribution in [3.8, 4) is 5.69 Å². The van der Waals surface area contributed by atoms with Crippen LogP contribution in [0.2, 0.25) is 0 Å². The maximum absolute atomic E-state index is 6.44. The van der Waals surface area contributed by atoms with Crippen LogP contribution in [0, 0.1) is 0 Å². The zero-order valence-corrected chi connectivity index (χ0v) is 27.7. The highest BCUT2D eigenvalue weighted by molar-refractivity contribution is 7.26. The molecule has 0 saturated carbocycles. The van der Waals surface area contributed by atoms with Gasteiger partial charge in [-0.2, -0.15) is 0 Å². The minimum absolute atomic E-state index is 0.876. The van der Waals surface area contributed by atoms with E-state index in [2.05, 4.69) is 173 Å². The predicted molar refractivity (Wildman–Crippen MR) is 213 cm³/mol. The third kappa shape index (κ3) is 3.97. The van der Waals surface area contributed by atoms with E-state index in [1.54, 1.807) is 0 Å². The van der Waals surface area contributed by atoms with Crippen molar-refractivity contribution in [2.75, 3.05) is 4.90 Å². The molecule has 0 bridgehead atoms. The lowest BCUT2D eigenvalue weighted by Gasteiger charge is -2.27. The van der Waals surface area contributed by atoms with Crippen molar-refractivity contribution in [1.82, 2.24) is 4.57 Å². The van der Waals surface area contributed by atoms with Gasteiger partial charge in [-0.15, -0.1) is 11.3 Å². The highest BCUT2D eigenvalue weighted by atomic mass is 32.1. The van der Waals surface area contributed by atoms with Gasteiger partial charge in [0.05, 0.1) is 22.1 Å². The Morgan fingerprint density at radius 2 is 1.14 bits per heavy atom. The van der Waals surface area contributed by atoms with E-state index in [0.29, 0.717) is 0 Å². The summed E-state index contributed by atoms with van der Waals surface area (Å²) >= 11 is 1.86. The van der Waals surface area contributed by atoms with E-state index >= 15 is 0 Å². The largest absolute Gasteiger partial charge is 0.456 e. The van der Waals surface area contributed by atoms with Crippen molar-refractivity contribution < 1.29 is 4.42 Å². The Hall–Kier alpha value is -6.36. The lowest BCUT2D eigenvalue weighted by molar-refractivity contribution is 0.669. The topological polar surface area (TPSA) is 21.3 Å². The maximum atomic E-state index is 6.44. The van der Waals surface area contributed by atoms with Crippen LogP contribution in [-0.4, -0.2) is 4.57 Å². The SMILES string of the molecule is c1ccc(-n2c3ccccc3c3ccc(N(c4ccc5sc6ccc7ccccc7c6c5c4)c4cccc5oc6ccccc6c45)cc32)cc1. The standard InChI is InChI=1S/C46H28N2OS/c1-2-12-30(13-3-1)48-38-17-8-6-15-34(38)35-24-22-32(28-40(35)48)47(39-18-10-20-42-46(39)36-16-7-9-19-41(36)49-42)31-23-26-43-37(27-31)45-33-14-5-4-11-29(33)21-25-44(45)50-43/h1-28H. The fourth-order valence-electron chi connectivity index (χ4n) is 8.00. The first-order chi connectivity index (χ1) is 24.8. The number of rotatable bonds is 4. The van der Waals surface area contributed by atoms with Gasteiger partial charge in [0.15, 0.2) is 0 Å². The molecule has 0 aliphatic rings. The first-order valence-electron chi connectivity index (χ1n) is 16.9. The molecular formula is C46H28N2OS. The van der Waals surface area contributed by atoms with Gasteiger partial charge >= 0.3 is 0 Å². The van der Waals surface area contributed by atoms with Gasteiger partial charge in [-0.25, -0.2) is 0 Å². The molecule has 0 N–H and O–H groups in total. The second-order valence-electron chi connectivity index (χ2n) is 12.9. The number of anilines is 3. The Bertz CT molecular complexity index is 3110. The Kier molecular flexibility index (Phi) is 5.83. The summed E-state index contributed by atoms with van der Waals surface area (Å²) in [6, 6.07) is 61.3. The number of aromatic nitrogens is 1. The monoisotopic (exact) mass is 656 g/mol. The van der Waals surface area contributed by atoms with Gasteiger partial charge in [0, 0.05) is 53.4 Å². The van der Waals surface area contributed by atoms with Crippen molar-refractivity contribution >= 4 is 103 Å². The molecule has 4 heteroatoms. The number of nitrogens with zero attached hydrogens (tertiary/aromatic N) is 2. The van der Waals surface area contributed by atoms with E-state index in [1.807, 2.05) is 17.4 Å². The van der Waals surface area contributed by atoms with Crippen LogP contribution in [0.5, 0.6) is 0 Å². The fourth-order valence-corrected chi connectivity index (χ4v) is 9.10. The molecule has 11 aromatic rings. The van der Waals surface area contributed by atoms with E-state index in [9.17, 15) is 0 Å². The van der Waals surface area contributed by atoms with Gasteiger partial charge in [0.25, 0.3) is 0 Å². The summed E-state index contributed by atoms with van der Waals surface area (Å²) in [5, 5.41) is 9.82. The molecule has 50 heavy (non-hydrogen) atoms. The molecule has 0 fully saturated rings. The molecule has 0 spiro atoms. The van der Waals surface area contributed by atoms with Gasteiger partial charge in [-0.3, -0.25) is 0 Å². The minimum atomic E-state index is 0.876. The molecule has 0 aliphatic heterocycles. The van der Waals surface area contributed by atoms with Gasteiger partial charge in [0.2, 0.25) is 0 Å². The van der Waals surface area contributed by atoms with Crippen LogP contribution >= 0.6 is 11.3 Å². The van der Waals surface area contributed by atoms with Crippen LogP contribution in [0.1, 0.15) is 0 Å². The number of thiophene rings is 1. The quantitative estimate of drug-likeness (QED) is 0.188. The predicted octanol–water partition coefficient (Wildman–Crippen LogP) is 13.7. The molecule has 0 saturated heterocycles. The molecular weight excluding hydrogens is 629 g/mol. The van der Waals surface area contributed by atoms with E-state index in [0.717, 1.165) is 50.2 Å². The van der Waals surface area contributed by atoms with E-state index in [-0.39, 0.29) is 0 Å². The summed E-state index contributed by atoms with van der Waals surface area (Å²) in [6.45, 7) is 0. The molecule has 3 aromatic heterocycles. The number of hydrogen-bond donors (Lipinski definition) is 0. The van der Waals surface area contributed by atoms with Gasteiger partial charge in [-0.05, 0) is 83.6 Å². The normalized spacial score (nSPS) is 12.0. The molecule has 0 aliphatic carbocycles. The average Bonchev–Trinajstić information content (AvgIpc) is 3.85. The highest BCUT2D eigenvalue weighted by Gasteiger charge is 2.22. The van der Waals surface area contributed by atoms with Crippen molar-refractivity contribution in [2.24, 2.45) is 0 Å². The van der Waals surface area contributed by atoms with Gasteiger partial charge < -0.3 is 13.9 Å². The summed E-state index contributed by atoms with van der Waals surface area (Å²) in [4.78, 5) is 2.42. The first-order valence-corrected chi connectivity index (χ1v) is 17.7. The third-order valence-electron chi connectivity index (χ3n) is 10.2. The fraction of sp³-hybridized carbons (Fsp3) is 0. The van der Waals surface area contributed by atoms with Crippen molar-refractivity contribution in [3.63, 3.8) is 0 Å². The second-order valence-corrected chi connectivity index (χ2v) is 14.0. The summed E-state index contributed by atoms with van der Waals surface area (Å²) in [6.07, 6.45) is 0. The molecule has 3 heterocycles. The van der Waals surface area contributed by atoms with Crippen LogP contribution in [0.4, 0.5) is 17.1 Å². The number of furan rings is 1. The number of para-hydroxylation sites is 3. The zero-order valence-electron chi connectivity index (χ0n) is 26.9. The van der Waals surface area contributed by atoms with Crippen LogP contribution in [0.25, 0.3) is 80.4 Å². The van der Waals surface area contributed by atoms with Crippen LogP contribution in [0.3, 0.4) is 0 Å². The van der Waals surface area contributed by atoms with Crippen molar-refractivity contribution in [3.05, 3.63) is 170 Å². The smallest absolute Gasteiger partial charge is 0.137 e. The number of fused-ring (bicyclic) bond motifs is 11. The van der Waals surface area contributed by atoms with Crippen LogP contribution in [-0.2, 0) is 0 Å². The summed E-state index contributed by atoms with van der Waals surface area (Å²) in [5.41, 5.74) is 8.53. The van der Waals surface area contributed by atoms with E-state index < -0.39 is 0 Å². The Morgan fingerprint density at radius 1 is 0.440 bits per heavy atom. The molecule has 0 amide bonds. The second kappa shape index (κ2) is 10.6. The Balaban J connectivity index is 1.24. The van der Waals surface area contributed by atoms with E-state index in [1.165, 1.54) is 47.2 Å². The Labute approximate surface area is 291 Å². The lowest BCUT2D eigenvalue weighted by Crippen LogP contribution is -2.10. The molecule has 11 rings (SSSR count). The first kappa shape index (κ1) is 27.6. The minimum Gasteiger partial charge on any atom is -0.456 e. The average molecular weight is 657 g/mol. The Morgan fingerprint density at radius 3 is 2.06 bits per heavy atom. The molecule has 8 aromatic carbocycles. The summed E-state index contributed by atoms with van der Waals surface area (Å²) < 4.78 is 11.4. The lowest BCUT2D eigenvalue weighted by atomic mass is 10.0. The molecule has 0 atom stereocenters. The van der Waals surface area contributed by atoms with Crippen molar-refractivity contribution in [1.29, 1.82) is 0 Å².